The van der Waals surface area contributed by atoms with E-state index in [1.54, 1.807) is 18.7 Å². The van der Waals surface area contributed by atoms with Crippen LogP contribution in [0.1, 0.15) is 11.4 Å². The number of para-hydroxylation sites is 1. The Bertz CT molecular complexity index is 1330. The molecule has 0 unspecified atom stereocenters. The topological polar surface area (TPSA) is 74.4 Å². The lowest BCUT2D eigenvalue weighted by Gasteiger charge is -2.08. The molecule has 0 spiro atoms. The van der Waals surface area contributed by atoms with E-state index in [1.165, 1.54) is 11.3 Å². The third kappa shape index (κ3) is 3.17. The van der Waals surface area contributed by atoms with Gasteiger partial charge >= 0.3 is 0 Å². The third-order valence-corrected chi connectivity index (χ3v) is 5.60. The van der Waals surface area contributed by atoms with E-state index in [2.05, 4.69) is 16.3 Å². The van der Waals surface area contributed by atoms with Gasteiger partial charge in [0.25, 0.3) is 0 Å². The highest BCUT2D eigenvalue weighted by Crippen LogP contribution is 2.29. The zero-order valence-corrected chi connectivity index (χ0v) is 16.7. The summed E-state index contributed by atoms with van der Waals surface area (Å²) in [6.07, 6.45) is 0.579. The van der Waals surface area contributed by atoms with Crippen LogP contribution in [0.3, 0.4) is 0 Å². The Morgan fingerprint density at radius 2 is 1.79 bits per heavy atom. The highest BCUT2D eigenvalue weighted by molar-refractivity contribution is 7.19. The summed E-state index contributed by atoms with van der Waals surface area (Å²) in [6, 6.07) is 17.9. The van der Waals surface area contributed by atoms with Gasteiger partial charge in [-0.3, -0.25) is 0 Å². The van der Waals surface area contributed by atoms with Gasteiger partial charge in [-0.05, 0) is 29.8 Å². The van der Waals surface area contributed by atoms with Crippen LogP contribution in [-0.4, -0.2) is 39.0 Å². The molecule has 0 aliphatic heterocycles. The smallest absolute Gasteiger partial charge is 0.235 e. The number of fused-ring (bicyclic) bond motifs is 2. The zero-order valence-electron chi connectivity index (χ0n) is 15.9. The van der Waals surface area contributed by atoms with E-state index in [1.807, 2.05) is 48.5 Å². The second-order valence-corrected chi connectivity index (χ2v) is 7.43. The van der Waals surface area contributed by atoms with Crippen LogP contribution in [0.5, 0.6) is 11.5 Å². The Morgan fingerprint density at radius 1 is 0.931 bits per heavy atom. The van der Waals surface area contributed by atoms with Gasteiger partial charge in [0.15, 0.2) is 22.3 Å². The third-order valence-electron chi connectivity index (χ3n) is 4.68. The molecule has 5 aromatic rings. The van der Waals surface area contributed by atoms with Gasteiger partial charge in [-0.15, -0.1) is 10.2 Å². The maximum Gasteiger partial charge on any atom is 0.235 e. The number of ether oxygens (including phenoxy) is 2. The summed E-state index contributed by atoms with van der Waals surface area (Å²) in [4.78, 5) is 5.47. The van der Waals surface area contributed by atoms with Gasteiger partial charge in [0, 0.05) is 11.8 Å². The van der Waals surface area contributed by atoms with E-state index in [0.29, 0.717) is 17.9 Å². The minimum atomic E-state index is 0.579. The minimum absolute atomic E-state index is 0.579. The van der Waals surface area contributed by atoms with Crippen molar-refractivity contribution < 1.29 is 9.47 Å². The molecular weight excluding hydrogens is 386 g/mol. The molecule has 0 saturated heterocycles. The van der Waals surface area contributed by atoms with Gasteiger partial charge in [-0.25, -0.2) is 4.98 Å². The molecule has 0 N–H and O–H groups in total. The summed E-state index contributed by atoms with van der Waals surface area (Å²) < 4.78 is 12.5. The summed E-state index contributed by atoms with van der Waals surface area (Å²) >= 11 is 1.48. The molecule has 144 valence electrons. The van der Waals surface area contributed by atoms with Crippen molar-refractivity contribution in [3.63, 3.8) is 0 Å². The molecule has 0 aliphatic rings. The van der Waals surface area contributed by atoms with Crippen LogP contribution in [0, 0.1) is 0 Å². The molecular formula is C21H17N5O2S. The molecule has 0 bridgehead atoms. The lowest BCUT2D eigenvalue weighted by atomic mass is 10.1. The van der Waals surface area contributed by atoms with Crippen molar-refractivity contribution in [3.05, 3.63) is 66.0 Å². The molecule has 5 rings (SSSR count). The number of aromatic nitrogens is 5. The summed E-state index contributed by atoms with van der Waals surface area (Å²) in [6.45, 7) is 0. The molecule has 3 aromatic heterocycles. The lowest BCUT2D eigenvalue weighted by Crippen LogP contribution is -1.99. The maximum absolute atomic E-state index is 5.39. The van der Waals surface area contributed by atoms with Crippen molar-refractivity contribution in [3.8, 4) is 22.2 Å². The molecule has 0 saturated carbocycles. The summed E-state index contributed by atoms with van der Waals surface area (Å²) in [7, 11) is 3.25. The first-order chi connectivity index (χ1) is 14.2. The fraction of sp³-hybridized carbons (Fsp3) is 0.143. The van der Waals surface area contributed by atoms with Crippen LogP contribution in [-0.2, 0) is 6.42 Å². The van der Waals surface area contributed by atoms with Crippen LogP contribution < -0.4 is 9.47 Å². The van der Waals surface area contributed by atoms with Crippen LogP contribution >= 0.6 is 11.3 Å². The van der Waals surface area contributed by atoms with Crippen LogP contribution in [0.2, 0.25) is 0 Å². The van der Waals surface area contributed by atoms with Crippen LogP contribution in [0.25, 0.3) is 26.6 Å². The fourth-order valence-electron chi connectivity index (χ4n) is 3.23. The van der Waals surface area contributed by atoms with E-state index in [4.69, 9.17) is 19.6 Å². The standard InChI is InChI=1S/C21H17N5O2S/c1-27-17-10-7-13(11-18(17)28-2)12-19-23-24-21-26(19)25-20(29-21)16-9-8-14-5-3-4-6-15(14)22-16/h3-11H,12H2,1-2H3. The minimum Gasteiger partial charge on any atom is -0.493 e. The SMILES string of the molecule is COc1ccc(Cc2nnc3sc(-c4ccc5ccccc5n4)nn23)cc1OC. The van der Waals surface area contributed by atoms with Crippen molar-refractivity contribution in [1.82, 2.24) is 24.8 Å². The Labute approximate surface area is 170 Å². The van der Waals surface area contributed by atoms with E-state index in [0.717, 1.165) is 38.0 Å². The van der Waals surface area contributed by atoms with Gasteiger partial charge < -0.3 is 9.47 Å². The average Bonchev–Trinajstić information content (AvgIpc) is 3.35. The second kappa shape index (κ2) is 7.14. The molecule has 0 aliphatic carbocycles. The van der Waals surface area contributed by atoms with Crippen molar-refractivity contribution in [1.29, 1.82) is 0 Å². The average molecular weight is 403 g/mol. The van der Waals surface area contributed by atoms with Gasteiger partial charge in [-0.1, -0.05) is 41.7 Å². The van der Waals surface area contributed by atoms with Gasteiger partial charge in [-0.2, -0.15) is 9.61 Å². The first-order valence-electron chi connectivity index (χ1n) is 9.03. The van der Waals surface area contributed by atoms with Gasteiger partial charge in [0.2, 0.25) is 4.96 Å². The van der Waals surface area contributed by atoms with E-state index < -0.39 is 0 Å². The second-order valence-electron chi connectivity index (χ2n) is 6.47. The number of rotatable bonds is 5. The van der Waals surface area contributed by atoms with E-state index in [-0.39, 0.29) is 0 Å². The Kier molecular flexibility index (Phi) is 4.33. The summed E-state index contributed by atoms with van der Waals surface area (Å²) in [5.41, 5.74) is 2.81. The van der Waals surface area contributed by atoms with Gasteiger partial charge in [0.1, 0.15) is 5.69 Å². The predicted molar refractivity (Wildman–Crippen MR) is 112 cm³/mol. The fourth-order valence-corrected chi connectivity index (χ4v) is 4.06. The molecule has 0 atom stereocenters. The van der Waals surface area contributed by atoms with Crippen molar-refractivity contribution in [2.24, 2.45) is 0 Å². The molecule has 0 amide bonds. The normalized spacial score (nSPS) is 11.2. The number of nitrogens with zero attached hydrogens (tertiary/aromatic N) is 5. The zero-order chi connectivity index (χ0) is 19.8. The van der Waals surface area contributed by atoms with Crippen LogP contribution in [0.4, 0.5) is 0 Å². The molecule has 8 heteroatoms. The first-order valence-corrected chi connectivity index (χ1v) is 9.85. The Hall–Kier alpha value is -3.52. The number of benzene rings is 2. The largest absolute Gasteiger partial charge is 0.493 e. The first kappa shape index (κ1) is 17.6. The van der Waals surface area contributed by atoms with Gasteiger partial charge in [0.05, 0.1) is 19.7 Å². The maximum atomic E-state index is 5.39. The number of hydrogen-bond donors (Lipinski definition) is 0. The molecule has 7 nitrogen and oxygen atoms in total. The quantitative estimate of drug-likeness (QED) is 0.441. The van der Waals surface area contributed by atoms with Crippen molar-refractivity contribution >= 4 is 27.2 Å². The summed E-state index contributed by atoms with van der Waals surface area (Å²) in [5, 5.41) is 15.2. The highest BCUT2D eigenvalue weighted by Gasteiger charge is 2.15. The molecule has 0 fully saturated rings. The van der Waals surface area contributed by atoms with Crippen molar-refractivity contribution in [2.75, 3.05) is 14.2 Å². The highest BCUT2D eigenvalue weighted by atomic mass is 32.1. The van der Waals surface area contributed by atoms with Crippen molar-refractivity contribution in [2.45, 2.75) is 6.42 Å². The Balaban J connectivity index is 1.49. The summed E-state index contributed by atoms with van der Waals surface area (Å²) in [5.74, 6) is 2.14. The van der Waals surface area contributed by atoms with Crippen LogP contribution in [0.15, 0.2) is 54.6 Å². The predicted octanol–water partition coefficient (Wildman–Crippen LogP) is 4.01. The van der Waals surface area contributed by atoms with E-state index >= 15 is 0 Å². The molecule has 29 heavy (non-hydrogen) atoms. The van der Waals surface area contributed by atoms with E-state index in [9.17, 15) is 0 Å². The number of hydrogen-bond acceptors (Lipinski definition) is 7. The number of methoxy groups -OCH3 is 2. The molecule has 0 radical (unpaired) electrons. The molecule has 3 heterocycles. The lowest BCUT2D eigenvalue weighted by molar-refractivity contribution is 0.354. The molecule has 2 aromatic carbocycles. The number of pyridine rings is 1. The Morgan fingerprint density at radius 3 is 2.66 bits per heavy atom. The monoisotopic (exact) mass is 403 g/mol.